The van der Waals surface area contributed by atoms with Crippen LogP contribution in [0.2, 0.25) is 0 Å². The maximum absolute atomic E-state index is 9.84. The van der Waals surface area contributed by atoms with Crippen LogP contribution in [0.15, 0.2) is 10.9 Å². The summed E-state index contributed by atoms with van der Waals surface area (Å²) in [5.41, 5.74) is 2.75. The normalized spacial score (nSPS) is 12.5. The number of carbonyl (C=O) groups excluding carboxylic acids is 1. The van der Waals surface area contributed by atoms with Crippen molar-refractivity contribution in [2.24, 2.45) is 0 Å². The van der Waals surface area contributed by atoms with Crippen LogP contribution in [0.3, 0.4) is 0 Å². The maximum Gasteiger partial charge on any atom is 0.293 e. The Hall–Kier alpha value is -0.900. The molecule has 1 aromatic heterocycles. The summed E-state index contributed by atoms with van der Waals surface area (Å²) in [5.74, 6) is 0.200. The number of rotatable bonds is 4. The van der Waals surface area contributed by atoms with Crippen LogP contribution in [0.4, 0.5) is 0 Å². The third-order valence-corrected chi connectivity index (χ3v) is 1.98. The molecule has 4 heteroatoms. The van der Waals surface area contributed by atoms with Crippen molar-refractivity contribution in [3.05, 3.63) is 16.6 Å². The summed E-state index contributed by atoms with van der Waals surface area (Å²) in [7, 11) is 0. The number of aromatic nitrogens is 1. The zero-order valence-corrected chi connectivity index (χ0v) is 7.00. The van der Waals surface area contributed by atoms with Gasteiger partial charge in [-0.05, 0) is 0 Å². The van der Waals surface area contributed by atoms with E-state index in [2.05, 4.69) is 9.72 Å². The minimum Gasteiger partial charge on any atom is -0.467 e. The molecule has 0 bridgehead atoms. The number of hydrogen-bond donors (Lipinski definition) is 0. The molecule has 0 fully saturated rings. The van der Waals surface area contributed by atoms with Crippen LogP contribution in [0, 0.1) is 0 Å². The van der Waals surface area contributed by atoms with E-state index in [-0.39, 0.29) is 5.92 Å². The predicted molar refractivity (Wildman–Crippen MR) is 42.5 cm³/mol. The van der Waals surface area contributed by atoms with E-state index < -0.39 is 0 Å². The highest BCUT2D eigenvalue weighted by Crippen LogP contribution is 2.14. The smallest absolute Gasteiger partial charge is 0.293 e. The molecule has 1 aromatic rings. The largest absolute Gasteiger partial charge is 0.467 e. The lowest BCUT2D eigenvalue weighted by atomic mass is 10.1. The van der Waals surface area contributed by atoms with E-state index in [1.54, 1.807) is 16.8 Å². The molecule has 1 heterocycles. The molecule has 60 valence electrons. The molecule has 0 radical (unpaired) electrons. The van der Waals surface area contributed by atoms with Crippen LogP contribution in [0.1, 0.15) is 18.5 Å². The second kappa shape index (κ2) is 4.08. The molecule has 0 aliphatic carbocycles. The summed E-state index contributed by atoms with van der Waals surface area (Å²) in [6.07, 6.45) is 0. The van der Waals surface area contributed by atoms with Crippen molar-refractivity contribution in [3.8, 4) is 0 Å². The molecular weight excluding hydrogens is 162 g/mol. The molecule has 1 unspecified atom stereocenters. The van der Waals surface area contributed by atoms with Gasteiger partial charge in [-0.15, -0.1) is 11.3 Å². The van der Waals surface area contributed by atoms with E-state index in [1.807, 2.05) is 12.3 Å². The van der Waals surface area contributed by atoms with Crippen molar-refractivity contribution in [2.75, 3.05) is 6.61 Å². The van der Waals surface area contributed by atoms with Gasteiger partial charge in [0.2, 0.25) is 0 Å². The maximum atomic E-state index is 9.84. The van der Waals surface area contributed by atoms with Gasteiger partial charge in [-0.25, -0.2) is 4.98 Å². The predicted octanol–water partition coefficient (Wildman–Crippen LogP) is 1.42. The monoisotopic (exact) mass is 171 g/mol. The lowest BCUT2D eigenvalue weighted by Gasteiger charge is -2.04. The molecule has 0 N–H and O–H groups in total. The van der Waals surface area contributed by atoms with E-state index in [9.17, 15) is 4.79 Å². The van der Waals surface area contributed by atoms with Crippen LogP contribution in [-0.2, 0) is 9.53 Å². The quantitative estimate of drug-likeness (QED) is 0.643. The molecule has 1 rings (SSSR count). The van der Waals surface area contributed by atoms with Crippen molar-refractivity contribution < 1.29 is 9.53 Å². The molecular formula is C7H9NO2S. The molecule has 0 amide bonds. The standard InChI is InChI=1S/C7H9NO2S/c1-6(2-10-5-9)7-3-11-4-8-7/h3-6H,2H2,1H3. The first-order valence-corrected chi connectivity index (χ1v) is 4.22. The number of nitrogens with zero attached hydrogens (tertiary/aromatic N) is 1. The van der Waals surface area contributed by atoms with Gasteiger partial charge in [0.05, 0.1) is 17.8 Å². The first kappa shape index (κ1) is 8.20. The van der Waals surface area contributed by atoms with Crippen molar-refractivity contribution >= 4 is 17.8 Å². The Morgan fingerprint density at radius 1 is 1.91 bits per heavy atom. The Morgan fingerprint density at radius 3 is 3.27 bits per heavy atom. The molecule has 1 atom stereocenters. The topological polar surface area (TPSA) is 39.2 Å². The minimum atomic E-state index is 0.200. The first-order valence-electron chi connectivity index (χ1n) is 3.28. The molecule has 0 spiro atoms. The van der Waals surface area contributed by atoms with Gasteiger partial charge in [-0.2, -0.15) is 0 Å². The van der Waals surface area contributed by atoms with Gasteiger partial charge < -0.3 is 4.74 Å². The summed E-state index contributed by atoms with van der Waals surface area (Å²) < 4.78 is 4.60. The zero-order chi connectivity index (χ0) is 8.10. The lowest BCUT2D eigenvalue weighted by molar-refractivity contribution is -0.129. The van der Waals surface area contributed by atoms with Crippen molar-refractivity contribution in [3.63, 3.8) is 0 Å². The number of ether oxygens (including phenoxy) is 1. The second-order valence-corrected chi connectivity index (χ2v) is 2.96. The number of thiazole rings is 1. The van der Waals surface area contributed by atoms with Gasteiger partial charge in [0.1, 0.15) is 0 Å². The third-order valence-electron chi connectivity index (χ3n) is 1.37. The third kappa shape index (κ3) is 2.31. The number of carbonyl (C=O) groups is 1. The average Bonchev–Trinajstić information content (AvgIpc) is 2.52. The molecule has 0 aliphatic heterocycles. The molecule has 0 saturated carbocycles. The highest BCUT2D eigenvalue weighted by Gasteiger charge is 2.06. The molecule has 0 aliphatic rings. The van der Waals surface area contributed by atoms with Crippen LogP contribution in [0.5, 0.6) is 0 Å². The Kier molecular flexibility index (Phi) is 3.04. The summed E-state index contributed by atoms with van der Waals surface area (Å²) in [6, 6.07) is 0. The van der Waals surface area contributed by atoms with Crippen molar-refractivity contribution in [2.45, 2.75) is 12.8 Å². The molecule has 0 saturated heterocycles. The van der Waals surface area contributed by atoms with Crippen molar-refractivity contribution in [1.29, 1.82) is 0 Å². The highest BCUT2D eigenvalue weighted by atomic mass is 32.1. The Bertz CT molecular complexity index is 210. The lowest BCUT2D eigenvalue weighted by Crippen LogP contribution is -2.03. The highest BCUT2D eigenvalue weighted by molar-refractivity contribution is 7.07. The van der Waals surface area contributed by atoms with E-state index in [1.165, 1.54) is 0 Å². The summed E-state index contributed by atoms with van der Waals surface area (Å²) in [4.78, 5) is 13.9. The Balaban J connectivity index is 2.42. The van der Waals surface area contributed by atoms with Crippen molar-refractivity contribution in [1.82, 2.24) is 4.98 Å². The van der Waals surface area contributed by atoms with Gasteiger partial charge in [-0.3, -0.25) is 4.79 Å². The van der Waals surface area contributed by atoms with Gasteiger partial charge in [-0.1, -0.05) is 6.92 Å². The average molecular weight is 171 g/mol. The van der Waals surface area contributed by atoms with Gasteiger partial charge >= 0.3 is 0 Å². The molecule has 3 nitrogen and oxygen atoms in total. The second-order valence-electron chi connectivity index (χ2n) is 2.24. The van der Waals surface area contributed by atoms with Crippen LogP contribution in [-0.4, -0.2) is 18.1 Å². The summed E-state index contributed by atoms with van der Waals surface area (Å²) >= 11 is 1.55. The van der Waals surface area contributed by atoms with Gasteiger partial charge in [0, 0.05) is 11.3 Å². The van der Waals surface area contributed by atoms with Gasteiger partial charge in [0.15, 0.2) is 0 Å². The van der Waals surface area contributed by atoms with Gasteiger partial charge in [0.25, 0.3) is 6.47 Å². The fourth-order valence-corrected chi connectivity index (χ4v) is 1.41. The van der Waals surface area contributed by atoms with E-state index in [0.29, 0.717) is 13.1 Å². The van der Waals surface area contributed by atoms with Crippen LogP contribution < -0.4 is 0 Å². The Morgan fingerprint density at radius 2 is 2.73 bits per heavy atom. The summed E-state index contributed by atoms with van der Waals surface area (Å²) in [5, 5.41) is 1.96. The Labute approximate surface area is 69.0 Å². The fraction of sp³-hybridized carbons (Fsp3) is 0.429. The minimum absolute atomic E-state index is 0.200. The first-order chi connectivity index (χ1) is 5.34. The number of hydrogen-bond acceptors (Lipinski definition) is 4. The van der Waals surface area contributed by atoms with E-state index in [4.69, 9.17) is 0 Å². The molecule has 11 heavy (non-hydrogen) atoms. The van der Waals surface area contributed by atoms with E-state index in [0.717, 1.165) is 5.69 Å². The SMILES string of the molecule is CC(COC=O)c1cscn1. The summed E-state index contributed by atoms with van der Waals surface area (Å²) in [6.45, 7) is 2.84. The van der Waals surface area contributed by atoms with Crippen LogP contribution in [0.25, 0.3) is 0 Å². The fourth-order valence-electron chi connectivity index (χ4n) is 0.734. The molecule has 0 aromatic carbocycles. The van der Waals surface area contributed by atoms with E-state index >= 15 is 0 Å². The zero-order valence-electron chi connectivity index (χ0n) is 6.19. The van der Waals surface area contributed by atoms with Crippen LogP contribution >= 0.6 is 11.3 Å².